The molecule has 5 nitrogen and oxygen atoms in total. The fourth-order valence-electron chi connectivity index (χ4n) is 2.91. The second-order valence-corrected chi connectivity index (χ2v) is 7.58. The Hall–Kier alpha value is -2.03. The number of hydrogen-bond donors (Lipinski definition) is 1. The zero-order valence-electron chi connectivity index (χ0n) is 13.6. The summed E-state index contributed by atoms with van der Waals surface area (Å²) in [5.41, 5.74) is 0.560. The van der Waals surface area contributed by atoms with E-state index in [0.29, 0.717) is 18.7 Å². The molecule has 0 bridgehead atoms. The number of nitrogens with zero attached hydrogens (tertiary/aromatic N) is 1. The first kappa shape index (κ1) is 17.8. The lowest BCUT2D eigenvalue weighted by molar-refractivity contribution is 0.271. The first-order valence-electron chi connectivity index (χ1n) is 7.75. The van der Waals surface area contributed by atoms with Gasteiger partial charge in [0.2, 0.25) is 10.0 Å². The summed E-state index contributed by atoms with van der Waals surface area (Å²) in [5.74, 6) is -1.20. The predicted octanol–water partition coefficient (Wildman–Crippen LogP) is 2.31. The molecule has 2 aromatic carbocycles. The van der Waals surface area contributed by atoms with Crippen molar-refractivity contribution in [1.82, 2.24) is 9.62 Å². The molecular weight excluding hydrogens is 350 g/mol. The summed E-state index contributed by atoms with van der Waals surface area (Å²) in [6, 6.07) is 8.75. The van der Waals surface area contributed by atoms with Gasteiger partial charge >= 0.3 is 0 Å². The van der Waals surface area contributed by atoms with E-state index in [1.807, 2.05) is 0 Å². The molecule has 1 aliphatic rings. The Balaban J connectivity index is 2.01. The topological polar surface area (TPSA) is 58.6 Å². The van der Waals surface area contributed by atoms with Crippen molar-refractivity contribution in [2.24, 2.45) is 0 Å². The second kappa shape index (κ2) is 7.07. The highest BCUT2D eigenvalue weighted by Gasteiger charge is 2.35. The van der Waals surface area contributed by atoms with E-state index in [1.165, 1.54) is 29.6 Å². The zero-order valence-corrected chi connectivity index (χ0v) is 14.4. The van der Waals surface area contributed by atoms with E-state index < -0.39 is 27.7 Å². The first-order chi connectivity index (χ1) is 11.9. The minimum absolute atomic E-state index is 0.0611. The molecule has 134 valence electrons. The summed E-state index contributed by atoms with van der Waals surface area (Å²) in [4.78, 5) is -0.0611. The van der Waals surface area contributed by atoms with Crippen LogP contribution in [0.1, 0.15) is 11.6 Å². The van der Waals surface area contributed by atoms with Gasteiger partial charge in [-0.3, -0.25) is 0 Å². The molecule has 1 fully saturated rings. The molecule has 0 aliphatic carbocycles. The largest absolute Gasteiger partial charge is 0.494 e. The van der Waals surface area contributed by atoms with Gasteiger partial charge in [0.15, 0.2) is 11.6 Å². The number of sulfonamides is 1. The molecule has 1 atom stereocenters. The zero-order chi connectivity index (χ0) is 18.0. The Morgan fingerprint density at radius 1 is 1.20 bits per heavy atom. The molecule has 1 aliphatic heterocycles. The molecule has 25 heavy (non-hydrogen) atoms. The molecule has 2 aromatic rings. The third kappa shape index (κ3) is 3.51. The van der Waals surface area contributed by atoms with Crippen molar-refractivity contribution >= 4 is 10.0 Å². The summed E-state index contributed by atoms with van der Waals surface area (Å²) in [6.45, 7) is 1.06. The van der Waals surface area contributed by atoms with Gasteiger partial charge in [-0.2, -0.15) is 4.31 Å². The molecule has 1 heterocycles. The quantitative estimate of drug-likeness (QED) is 0.900. The van der Waals surface area contributed by atoms with Crippen molar-refractivity contribution in [2.75, 3.05) is 26.7 Å². The van der Waals surface area contributed by atoms with Gasteiger partial charge in [0.1, 0.15) is 5.82 Å². The number of rotatable bonds is 4. The van der Waals surface area contributed by atoms with E-state index in [-0.39, 0.29) is 17.2 Å². The van der Waals surface area contributed by atoms with Crippen LogP contribution in [0.15, 0.2) is 47.4 Å². The SMILES string of the molecule is COc1cc(S(=O)(=O)N2CCNCC2c2cccc(F)c2)ccc1F. The fraction of sp³-hybridized carbons (Fsp3) is 0.294. The molecule has 0 aromatic heterocycles. The van der Waals surface area contributed by atoms with E-state index in [9.17, 15) is 17.2 Å². The van der Waals surface area contributed by atoms with E-state index in [0.717, 1.165) is 12.1 Å². The first-order valence-corrected chi connectivity index (χ1v) is 9.19. The standard InChI is InChI=1S/C17H18F2N2O3S/c1-24-17-10-14(5-6-15(17)19)25(22,23)21-8-7-20-11-16(21)12-3-2-4-13(18)9-12/h2-6,9-10,16,20H,7-8,11H2,1H3. The summed E-state index contributed by atoms with van der Waals surface area (Å²) in [5, 5.41) is 3.12. The van der Waals surface area contributed by atoms with Crippen molar-refractivity contribution in [1.29, 1.82) is 0 Å². The number of halogens is 2. The maximum absolute atomic E-state index is 13.6. The van der Waals surface area contributed by atoms with Crippen molar-refractivity contribution in [3.63, 3.8) is 0 Å². The number of piperazine rings is 1. The lowest BCUT2D eigenvalue weighted by Crippen LogP contribution is -2.48. The molecule has 0 radical (unpaired) electrons. The molecule has 1 saturated heterocycles. The monoisotopic (exact) mass is 368 g/mol. The minimum atomic E-state index is -3.90. The van der Waals surface area contributed by atoms with Crippen LogP contribution < -0.4 is 10.1 Å². The van der Waals surface area contributed by atoms with Gasteiger partial charge in [0.05, 0.1) is 18.0 Å². The third-order valence-electron chi connectivity index (χ3n) is 4.16. The molecule has 8 heteroatoms. The number of ether oxygens (including phenoxy) is 1. The van der Waals surface area contributed by atoms with Crippen LogP contribution in [0.25, 0.3) is 0 Å². The smallest absolute Gasteiger partial charge is 0.243 e. The van der Waals surface area contributed by atoms with Crippen LogP contribution in [0.4, 0.5) is 8.78 Å². The van der Waals surface area contributed by atoms with Crippen LogP contribution in [0.2, 0.25) is 0 Å². The van der Waals surface area contributed by atoms with Crippen LogP contribution >= 0.6 is 0 Å². The summed E-state index contributed by atoms with van der Waals surface area (Å²) < 4.78 is 59.5. The van der Waals surface area contributed by atoms with E-state index >= 15 is 0 Å². The summed E-state index contributed by atoms with van der Waals surface area (Å²) >= 11 is 0. The summed E-state index contributed by atoms with van der Waals surface area (Å²) in [7, 11) is -2.62. The van der Waals surface area contributed by atoms with Gasteiger partial charge in [-0.15, -0.1) is 0 Å². The average Bonchev–Trinajstić information content (AvgIpc) is 2.62. The highest BCUT2D eigenvalue weighted by Crippen LogP contribution is 2.31. The van der Waals surface area contributed by atoms with Crippen molar-refractivity contribution in [3.05, 3.63) is 59.7 Å². The van der Waals surface area contributed by atoms with Crippen LogP contribution in [0.3, 0.4) is 0 Å². The molecule has 3 rings (SSSR count). The highest BCUT2D eigenvalue weighted by atomic mass is 32.2. The second-order valence-electron chi connectivity index (χ2n) is 5.69. The van der Waals surface area contributed by atoms with Gasteiger partial charge < -0.3 is 10.1 Å². The van der Waals surface area contributed by atoms with Gasteiger partial charge in [-0.25, -0.2) is 17.2 Å². The predicted molar refractivity (Wildman–Crippen MR) is 88.9 cm³/mol. The molecular formula is C17H18F2N2O3S. The Bertz CT molecular complexity index is 874. The summed E-state index contributed by atoms with van der Waals surface area (Å²) in [6.07, 6.45) is 0. The Morgan fingerprint density at radius 3 is 2.72 bits per heavy atom. The maximum Gasteiger partial charge on any atom is 0.243 e. The number of nitrogens with one attached hydrogen (secondary N) is 1. The van der Waals surface area contributed by atoms with Crippen molar-refractivity contribution < 1.29 is 21.9 Å². The minimum Gasteiger partial charge on any atom is -0.494 e. The number of benzene rings is 2. The Morgan fingerprint density at radius 2 is 2.00 bits per heavy atom. The Labute approximate surface area is 145 Å². The van der Waals surface area contributed by atoms with Crippen LogP contribution in [0, 0.1) is 11.6 Å². The van der Waals surface area contributed by atoms with E-state index in [4.69, 9.17) is 4.74 Å². The van der Waals surface area contributed by atoms with Crippen molar-refractivity contribution in [3.8, 4) is 5.75 Å². The van der Waals surface area contributed by atoms with Crippen LogP contribution in [-0.2, 0) is 10.0 Å². The fourth-order valence-corrected chi connectivity index (χ4v) is 4.54. The van der Waals surface area contributed by atoms with Crippen molar-refractivity contribution in [2.45, 2.75) is 10.9 Å². The molecule has 1 unspecified atom stereocenters. The molecule has 0 saturated carbocycles. The number of methoxy groups -OCH3 is 1. The molecule has 0 amide bonds. The van der Waals surface area contributed by atoms with Gasteiger partial charge in [-0.1, -0.05) is 12.1 Å². The lowest BCUT2D eigenvalue weighted by atomic mass is 10.1. The van der Waals surface area contributed by atoms with Gasteiger partial charge in [-0.05, 0) is 29.8 Å². The Kier molecular flexibility index (Phi) is 5.03. The number of hydrogen-bond acceptors (Lipinski definition) is 4. The van der Waals surface area contributed by atoms with Gasteiger partial charge in [0.25, 0.3) is 0 Å². The maximum atomic E-state index is 13.6. The molecule has 0 spiro atoms. The van der Waals surface area contributed by atoms with Crippen LogP contribution in [0.5, 0.6) is 5.75 Å². The van der Waals surface area contributed by atoms with E-state index in [2.05, 4.69) is 5.32 Å². The van der Waals surface area contributed by atoms with Gasteiger partial charge in [0, 0.05) is 25.7 Å². The van der Waals surface area contributed by atoms with Crippen LogP contribution in [-0.4, -0.2) is 39.5 Å². The van der Waals surface area contributed by atoms with E-state index in [1.54, 1.807) is 12.1 Å². The third-order valence-corrected chi connectivity index (χ3v) is 6.06. The average molecular weight is 368 g/mol. The normalized spacial score (nSPS) is 18.9. The molecule has 1 N–H and O–H groups in total. The highest BCUT2D eigenvalue weighted by molar-refractivity contribution is 7.89. The lowest BCUT2D eigenvalue weighted by Gasteiger charge is -2.35.